The molecule has 0 saturated heterocycles. The summed E-state index contributed by atoms with van der Waals surface area (Å²) in [5.74, 6) is 0.0145. The minimum atomic E-state index is -0.492. The number of benzene rings is 3. The fraction of sp³-hybridized carbons (Fsp3) is 0.469. The molecule has 2 amide bonds. The molecule has 4 aromatic rings. The normalized spacial score (nSPS) is 15.0. The third-order valence-electron chi connectivity index (χ3n) is 10.5. The van der Waals surface area contributed by atoms with E-state index in [0.29, 0.717) is 86.7 Å². The van der Waals surface area contributed by atoms with Crippen LogP contribution in [0.1, 0.15) is 109 Å². The highest BCUT2D eigenvalue weighted by Crippen LogP contribution is 2.35. The highest BCUT2D eigenvalue weighted by molar-refractivity contribution is 6.06. The lowest BCUT2D eigenvalue weighted by Gasteiger charge is -2.27. The fourth-order valence-electron chi connectivity index (χ4n) is 7.21. The van der Waals surface area contributed by atoms with Gasteiger partial charge in [0.05, 0.1) is 76.2 Å². The zero-order valence-electron chi connectivity index (χ0n) is 35.9. The molecule has 0 aliphatic heterocycles. The van der Waals surface area contributed by atoms with Crippen molar-refractivity contribution in [2.45, 2.75) is 96.3 Å². The van der Waals surface area contributed by atoms with Gasteiger partial charge in [-0.25, -0.2) is 0 Å². The summed E-state index contributed by atoms with van der Waals surface area (Å²) in [7, 11) is 0. The first-order valence-electron chi connectivity index (χ1n) is 21.7. The Kier molecular flexibility index (Phi) is 17.2. The Labute approximate surface area is 360 Å². The van der Waals surface area contributed by atoms with Gasteiger partial charge in [0, 0.05) is 29.5 Å². The van der Waals surface area contributed by atoms with Gasteiger partial charge in [-0.2, -0.15) is 0 Å². The molecule has 12 heteroatoms. The highest BCUT2D eigenvalue weighted by atomic mass is 16.6. The Morgan fingerprint density at radius 3 is 2.18 bits per heavy atom. The van der Waals surface area contributed by atoms with Crippen molar-refractivity contribution in [1.82, 2.24) is 10.3 Å². The summed E-state index contributed by atoms with van der Waals surface area (Å²) >= 11 is 0. The van der Waals surface area contributed by atoms with Gasteiger partial charge in [-0.05, 0) is 131 Å². The number of nitrogens with one attached hydrogen (secondary N) is 2. The number of nitrogens with zero attached hydrogens (tertiary/aromatic N) is 1. The van der Waals surface area contributed by atoms with Crippen LogP contribution < -0.4 is 15.4 Å². The predicted molar refractivity (Wildman–Crippen MR) is 234 cm³/mol. The van der Waals surface area contributed by atoms with Crippen LogP contribution in [0.15, 0.2) is 85.1 Å². The smallest absolute Gasteiger partial charge is 0.308 e. The highest BCUT2D eigenvalue weighted by Gasteiger charge is 2.24. The van der Waals surface area contributed by atoms with E-state index in [0.717, 1.165) is 56.9 Å². The van der Waals surface area contributed by atoms with Gasteiger partial charge in [0.2, 0.25) is 0 Å². The second-order valence-electron chi connectivity index (χ2n) is 16.5. The van der Waals surface area contributed by atoms with Gasteiger partial charge in [0.1, 0.15) is 11.4 Å². The Morgan fingerprint density at radius 2 is 1.44 bits per heavy atom. The number of aromatic nitrogens is 1. The molecule has 1 heterocycles. The number of pyridine rings is 1. The summed E-state index contributed by atoms with van der Waals surface area (Å²) in [6, 6.07) is 25.0. The van der Waals surface area contributed by atoms with E-state index in [1.165, 1.54) is 11.1 Å². The number of carbonyl (C=O) groups is 3. The van der Waals surface area contributed by atoms with Crippen LogP contribution in [0, 0.1) is 0 Å². The SMILES string of the molecule is CC(C)(C)OC(=O)CCOCCOCCOCCOCCCc1cccc(C(=O)Nc2ccc(OC3CCC3)cc2-c2cc(C(=O)NC3CCCc4ccccc43)ccn2)c1. The van der Waals surface area contributed by atoms with E-state index < -0.39 is 5.60 Å². The molecule has 2 aliphatic carbocycles. The van der Waals surface area contributed by atoms with Gasteiger partial charge < -0.3 is 39.1 Å². The number of aryl methyl sites for hydroxylation is 2. The van der Waals surface area contributed by atoms with Crippen molar-refractivity contribution in [3.05, 3.63) is 113 Å². The van der Waals surface area contributed by atoms with Gasteiger partial charge >= 0.3 is 5.97 Å². The molecule has 1 saturated carbocycles. The predicted octanol–water partition coefficient (Wildman–Crippen LogP) is 8.47. The summed E-state index contributed by atoms with van der Waals surface area (Å²) in [5.41, 5.74) is 5.84. The number of ether oxygens (including phenoxy) is 6. The van der Waals surface area contributed by atoms with E-state index in [9.17, 15) is 14.4 Å². The lowest BCUT2D eigenvalue weighted by molar-refractivity contribution is -0.156. The van der Waals surface area contributed by atoms with E-state index in [2.05, 4.69) is 27.8 Å². The largest absolute Gasteiger partial charge is 0.490 e. The van der Waals surface area contributed by atoms with Gasteiger partial charge in [0.15, 0.2) is 0 Å². The number of esters is 1. The van der Waals surface area contributed by atoms with Gasteiger partial charge in [-0.3, -0.25) is 19.4 Å². The maximum Gasteiger partial charge on any atom is 0.308 e. The number of hydrogen-bond acceptors (Lipinski definition) is 10. The summed E-state index contributed by atoms with van der Waals surface area (Å²) in [6.07, 6.45) is 9.67. The first kappa shape index (κ1) is 45.4. The van der Waals surface area contributed by atoms with E-state index >= 15 is 0 Å². The van der Waals surface area contributed by atoms with Crippen molar-refractivity contribution in [2.75, 3.05) is 58.2 Å². The van der Waals surface area contributed by atoms with E-state index in [1.807, 2.05) is 69.3 Å². The number of fused-ring (bicyclic) bond motifs is 1. The molecule has 1 aromatic heterocycles. The zero-order valence-corrected chi connectivity index (χ0v) is 35.9. The number of carbonyl (C=O) groups excluding carboxylic acids is 3. The number of hydrogen-bond donors (Lipinski definition) is 2. The van der Waals surface area contributed by atoms with E-state index in [-0.39, 0.29) is 36.4 Å². The van der Waals surface area contributed by atoms with Crippen molar-refractivity contribution >= 4 is 23.5 Å². The Balaban J connectivity index is 0.942. The molecular weight excluding hydrogens is 775 g/mol. The van der Waals surface area contributed by atoms with Crippen LogP contribution in [0.5, 0.6) is 5.75 Å². The molecular formula is C49H61N3O9. The molecule has 1 unspecified atom stereocenters. The maximum absolute atomic E-state index is 13.7. The first-order chi connectivity index (χ1) is 29.6. The molecule has 0 spiro atoms. The average molecular weight is 836 g/mol. The number of rotatable bonds is 23. The van der Waals surface area contributed by atoms with Gasteiger partial charge in [0.25, 0.3) is 11.8 Å². The third kappa shape index (κ3) is 14.8. The van der Waals surface area contributed by atoms with Crippen LogP contribution in [-0.4, -0.2) is 87.3 Å². The lowest BCUT2D eigenvalue weighted by Crippen LogP contribution is -2.31. The topological polar surface area (TPSA) is 144 Å². The summed E-state index contributed by atoms with van der Waals surface area (Å²) in [5, 5.41) is 6.36. The number of amides is 2. The second-order valence-corrected chi connectivity index (χ2v) is 16.5. The summed E-state index contributed by atoms with van der Waals surface area (Å²) in [4.78, 5) is 43.7. The lowest BCUT2D eigenvalue weighted by atomic mass is 9.87. The van der Waals surface area contributed by atoms with Crippen LogP contribution in [0.2, 0.25) is 0 Å². The molecule has 0 radical (unpaired) electrons. The average Bonchev–Trinajstić information content (AvgIpc) is 3.23. The molecule has 0 bridgehead atoms. The molecule has 3 aromatic carbocycles. The number of anilines is 1. The van der Waals surface area contributed by atoms with Crippen molar-refractivity contribution in [3.8, 4) is 17.0 Å². The summed E-state index contributed by atoms with van der Waals surface area (Å²) < 4.78 is 33.8. The molecule has 2 aliphatic rings. The molecule has 326 valence electrons. The van der Waals surface area contributed by atoms with Crippen molar-refractivity contribution in [3.63, 3.8) is 0 Å². The molecule has 6 rings (SSSR count). The van der Waals surface area contributed by atoms with Crippen molar-refractivity contribution in [1.29, 1.82) is 0 Å². The first-order valence-corrected chi connectivity index (χ1v) is 21.7. The second kappa shape index (κ2) is 23.2. The van der Waals surface area contributed by atoms with Crippen molar-refractivity contribution in [2.24, 2.45) is 0 Å². The monoisotopic (exact) mass is 835 g/mol. The van der Waals surface area contributed by atoms with Crippen LogP contribution in [0.25, 0.3) is 11.3 Å². The standard InChI is InChI=1S/C49H61N3O9/c1-49(2,3)61-46(53)22-25-57-27-29-59-31-30-58-28-26-56-24-9-11-35-10-6-14-37(32-35)47(54)52-44-20-19-40(60-39-15-8-16-39)34-42(44)45-33-38(21-23-50-45)48(55)51-43-18-7-13-36-12-4-5-17-41(36)43/h4-6,10,12,14,17,19-21,23,32-34,39,43H,7-9,11,13,15-16,18,22,24-31H2,1-3H3,(H,51,55)(H,52,54). The third-order valence-corrected chi connectivity index (χ3v) is 10.5. The Bertz CT molecular complexity index is 2040. The molecule has 12 nitrogen and oxygen atoms in total. The Morgan fingerprint density at radius 1 is 0.721 bits per heavy atom. The fourth-order valence-corrected chi connectivity index (χ4v) is 7.21. The van der Waals surface area contributed by atoms with Gasteiger partial charge in [-0.15, -0.1) is 0 Å². The molecule has 61 heavy (non-hydrogen) atoms. The minimum absolute atomic E-state index is 0.0490. The molecule has 1 fully saturated rings. The quantitative estimate of drug-likeness (QED) is 0.0552. The molecule has 1 atom stereocenters. The summed E-state index contributed by atoms with van der Waals surface area (Å²) in [6.45, 7) is 9.03. The van der Waals surface area contributed by atoms with E-state index in [1.54, 1.807) is 24.4 Å². The van der Waals surface area contributed by atoms with Crippen molar-refractivity contribution < 1.29 is 42.8 Å². The maximum atomic E-state index is 13.7. The van der Waals surface area contributed by atoms with E-state index in [4.69, 9.17) is 28.4 Å². The van der Waals surface area contributed by atoms with Crippen LogP contribution in [0.3, 0.4) is 0 Å². The van der Waals surface area contributed by atoms with Crippen LogP contribution >= 0.6 is 0 Å². The zero-order chi connectivity index (χ0) is 42.9. The van der Waals surface area contributed by atoms with Crippen LogP contribution in [-0.2, 0) is 41.3 Å². The minimum Gasteiger partial charge on any atom is -0.490 e. The molecule has 2 N–H and O–H groups in total. The van der Waals surface area contributed by atoms with Gasteiger partial charge in [-0.1, -0.05) is 36.4 Å². The van der Waals surface area contributed by atoms with Crippen LogP contribution in [0.4, 0.5) is 5.69 Å². The Hall–Kier alpha value is -5.14.